The average molecular weight is 222 g/mol. The fourth-order valence-electron chi connectivity index (χ4n) is 3.27. The normalized spacial score (nSPS) is 39.6. The summed E-state index contributed by atoms with van der Waals surface area (Å²) < 4.78 is 0. The van der Waals surface area contributed by atoms with Gasteiger partial charge in [0.05, 0.1) is 5.60 Å². The quantitative estimate of drug-likeness (QED) is 0.740. The van der Waals surface area contributed by atoms with Crippen LogP contribution in [0.25, 0.3) is 0 Å². The fourth-order valence-corrected chi connectivity index (χ4v) is 3.27. The van der Waals surface area contributed by atoms with Crippen molar-refractivity contribution in [3.63, 3.8) is 0 Å². The lowest BCUT2D eigenvalue weighted by molar-refractivity contribution is -0.128. The second-order valence-corrected chi connectivity index (χ2v) is 6.34. The first-order valence-corrected chi connectivity index (χ1v) is 6.26. The predicted octanol–water partition coefficient (Wildman–Crippen LogP) is 2.71. The number of hydrogen-bond donors (Lipinski definition) is 1. The molecule has 0 aromatic carbocycles. The summed E-state index contributed by atoms with van der Waals surface area (Å²) in [7, 11) is 0. The number of aliphatic hydroxyl groups is 1. The van der Waals surface area contributed by atoms with Gasteiger partial charge in [-0.05, 0) is 56.9 Å². The lowest BCUT2D eigenvalue weighted by Gasteiger charge is -2.47. The molecule has 0 unspecified atom stereocenters. The van der Waals surface area contributed by atoms with Crippen molar-refractivity contribution in [1.82, 2.24) is 0 Å². The largest absolute Gasteiger partial charge is 0.390 e. The zero-order valence-corrected chi connectivity index (χ0v) is 10.5. The van der Waals surface area contributed by atoms with Crippen molar-refractivity contribution in [2.45, 2.75) is 52.1 Å². The Kier molecular flexibility index (Phi) is 2.73. The number of ketones is 1. The van der Waals surface area contributed by atoms with Crippen LogP contribution in [0, 0.1) is 17.3 Å². The van der Waals surface area contributed by atoms with E-state index in [0.29, 0.717) is 0 Å². The van der Waals surface area contributed by atoms with E-state index in [9.17, 15) is 9.90 Å². The molecular weight excluding hydrogens is 200 g/mol. The van der Waals surface area contributed by atoms with Crippen LogP contribution in [0.3, 0.4) is 0 Å². The van der Waals surface area contributed by atoms with Crippen LogP contribution in [-0.2, 0) is 4.79 Å². The van der Waals surface area contributed by atoms with Gasteiger partial charge >= 0.3 is 0 Å². The Morgan fingerprint density at radius 2 is 2.19 bits per heavy atom. The van der Waals surface area contributed by atoms with E-state index in [1.54, 1.807) is 6.08 Å². The number of carbonyl (C=O) groups excluding carboxylic acids is 1. The maximum atomic E-state index is 11.9. The van der Waals surface area contributed by atoms with Gasteiger partial charge in [-0.25, -0.2) is 0 Å². The fraction of sp³-hybridized carbons (Fsp3) is 0.786. The molecule has 3 atom stereocenters. The highest BCUT2D eigenvalue weighted by Crippen LogP contribution is 2.50. The molecule has 2 rings (SSSR count). The van der Waals surface area contributed by atoms with E-state index in [0.717, 1.165) is 25.7 Å². The number of rotatable bonds is 1. The highest BCUT2D eigenvalue weighted by molar-refractivity contribution is 5.93. The molecule has 90 valence electrons. The summed E-state index contributed by atoms with van der Waals surface area (Å²) in [4.78, 5) is 11.9. The second kappa shape index (κ2) is 3.69. The van der Waals surface area contributed by atoms with Gasteiger partial charge in [-0.3, -0.25) is 4.79 Å². The summed E-state index contributed by atoms with van der Waals surface area (Å²) in [5, 5.41) is 10.1. The Morgan fingerprint density at radius 1 is 1.50 bits per heavy atom. The molecule has 0 amide bonds. The van der Waals surface area contributed by atoms with E-state index in [1.165, 1.54) is 0 Å². The number of allylic oxidation sites excluding steroid dienone is 2. The van der Waals surface area contributed by atoms with E-state index in [2.05, 4.69) is 6.92 Å². The number of fused-ring (bicyclic) bond motifs is 1. The molecule has 0 aromatic rings. The van der Waals surface area contributed by atoms with Crippen molar-refractivity contribution < 1.29 is 9.90 Å². The molecule has 2 heteroatoms. The Labute approximate surface area is 97.7 Å². The van der Waals surface area contributed by atoms with Crippen molar-refractivity contribution in [2.24, 2.45) is 17.3 Å². The van der Waals surface area contributed by atoms with Gasteiger partial charge in [-0.2, -0.15) is 0 Å². The summed E-state index contributed by atoms with van der Waals surface area (Å²) in [6.07, 6.45) is 7.72. The molecular formula is C14H22O2. The summed E-state index contributed by atoms with van der Waals surface area (Å²) in [6, 6.07) is 0. The van der Waals surface area contributed by atoms with Gasteiger partial charge in [0.1, 0.15) is 0 Å². The zero-order valence-electron chi connectivity index (χ0n) is 10.5. The molecule has 0 aromatic heterocycles. The predicted molar refractivity (Wildman–Crippen MR) is 64.0 cm³/mol. The van der Waals surface area contributed by atoms with Gasteiger partial charge in [-0.1, -0.05) is 13.0 Å². The van der Waals surface area contributed by atoms with E-state index in [-0.39, 0.29) is 23.0 Å². The molecule has 0 heterocycles. The van der Waals surface area contributed by atoms with Gasteiger partial charge in [-0.15, -0.1) is 0 Å². The molecule has 0 radical (unpaired) electrons. The Hall–Kier alpha value is -0.630. The van der Waals surface area contributed by atoms with Crippen molar-refractivity contribution >= 4 is 5.78 Å². The first kappa shape index (κ1) is 11.8. The molecule has 1 fully saturated rings. The minimum Gasteiger partial charge on any atom is -0.390 e. The van der Waals surface area contributed by atoms with Crippen LogP contribution in [0.5, 0.6) is 0 Å². The van der Waals surface area contributed by atoms with Crippen LogP contribution in [0.2, 0.25) is 0 Å². The van der Waals surface area contributed by atoms with Gasteiger partial charge < -0.3 is 5.11 Å². The maximum Gasteiger partial charge on any atom is 0.159 e. The molecule has 0 aliphatic heterocycles. The third kappa shape index (κ3) is 1.95. The van der Waals surface area contributed by atoms with Crippen molar-refractivity contribution in [3.8, 4) is 0 Å². The van der Waals surface area contributed by atoms with E-state index >= 15 is 0 Å². The maximum absolute atomic E-state index is 11.9. The summed E-state index contributed by atoms with van der Waals surface area (Å²) in [5.41, 5.74) is -0.504. The second-order valence-electron chi connectivity index (χ2n) is 6.34. The Morgan fingerprint density at radius 3 is 2.81 bits per heavy atom. The molecule has 2 aliphatic carbocycles. The standard InChI is InChI=1S/C14H22O2/c1-13(2,16)10-6-8-14(3)7-4-5-12(15)11(14)9-10/h4-5,10-11,16H,6-9H2,1-3H3/t10-,11+,14+/m0/s1. The molecule has 0 spiro atoms. The van der Waals surface area contributed by atoms with Crippen LogP contribution in [-0.4, -0.2) is 16.5 Å². The van der Waals surface area contributed by atoms with Crippen LogP contribution in [0.4, 0.5) is 0 Å². The monoisotopic (exact) mass is 222 g/mol. The SMILES string of the molecule is CC(C)(O)[C@H]1CC[C@@]2(C)CC=CC(=O)[C@H]2C1. The van der Waals surface area contributed by atoms with Crippen LogP contribution < -0.4 is 0 Å². The molecule has 1 saturated carbocycles. The molecule has 2 nitrogen and oxygen atoms in total. The molecule has 2 aliphatic rings. The lowest BCUT2D eigenvalue weighted by atomic mass is 9.57. The Bertz CT molecular complexity index is 324. The summed E-state index contributed by atoms with van der Waals surface area (Å²) >= 11 is 0. The van der Waals surface area contributed by atoms with Gasteiger partial charge in [0.2, 0.25) is 0 Å². The highest BCUT2D eigenvalue weighted by atomic mass is 16.3. The van der Waals surface area contributed by atoms with Gasteiger partial charge in [0.25, 0.3) is 0 Å². The van der Waals surface area contributed by atoms with Crippen molar-refractivity contribution in [1.29, 1.82) is 0 Å². The third-order valence-corrected chi connectivity index (χ3v) is 4.63. The van der Waals surface area contributed by atoms with E-state index < -0.39 is 5.60 Å². The lowest BCUT2D eigenvalue weighted by Crippen LogP contribution is -2.45. The highest BCUT2D eigenvalue weighted by Gasteiger charge is 2.46. The zero-order chi connectivity index (χ0) is 12.0. The minimum atomic E-state index is -0.650. The average Bonchev–Trinajstić information content (AvgIpc) is 2.15. The first-order chi connectivity index (χ1) is 7.33. The molecule has 0 bridgehead atoms. The van der Waals surface area contributed by atoms with E-state index in [1.807, 2.05) is 19.9 Å². The van der Waals surface area contributed by atoms with Crippen LogP contribution in [0.15, 0.2) is 12.2 Å². The van der Waals surface area contributed by atoms with Crippen molar-refractivity contribution in [2.75, 3.05) is 0 Å². The molecule has 0 saturated heterocycles. The minimum absolute atomic E-state index is 0.127. The van der Waals surface area contributed by atoms with Gasteiger partial charge in [0.15, 0.2) is 5.78 Å². The van der Waals surface area contributed by atoms with Gasteiger partial charge in [0, 0.05) is 5.92 Å². The third-order valence-electron chi connectivity index (χ3n) is 4.63. The summed E-state index contributed by atoms with van der Waals surface area (Å²) in [5.74, 6) is 0.659. The molecule has 1 N–H and O–H groups in total. The smallest absolute Gasteiger partial charge is 0.159 e. The number of carbonyl (C=O) groups is 1. The van der Waals surface area contributed by atoms with E-state index in [4.69, 9.17) is 0 Å². The topological polar surface area (TPSA) is 37.3 Å². The first-order valence-electron chi connectivity index (χ1n) is 6.26. The van der Waals surface area contributed by atoms with Crippen LogP contribution >= 0.6 is 0 Å². The number of hydrogen-bond acceptors (Lipinski definition) is 2. The Balaban J connectivity index is 2.20. The summed E-state index contributed by atoms with van der Waals surface area (Å²) in [6.45, 7) is 5.95. The van der Waals surface area contributed by atoms with Crippen LogP contribution in [0.1, 0.15) is 46.5 Å². The molecule has 16 heavy (non-hydrogen) atoms. The van der Waals surface area contributed by atoms with Crippen molar-refractivity contribution in [3.05, 3.63) is 12.2 Å².